The lowest BCUT2D eigenvalue weighted by molar-refractivity contribution is -0.123. The molecule has 2 amide bonds. The van der Waals surface area contributed by atoms with Crippen molar-refractivity contribution >= 4 is 51.8 Å². The summed E-state index contributed by atoms with van der Waals surface area (Å²) in [5.41, 5.74) is 0.875. The maximum absolute atomic E-state index is 12.7. The van der Waals surface area contributed by atoms with E-state index in [2.05, 4.69) is 16.6 Å². The Morgan fingerprint density at radius 1 is 0.776 bits per heavy atom. The summed E-state index contributed by atoms with van der Waals surface area (Å²) in [7, 11) is -5.76. The number of Topliss-reactive ketones (excluding diaryl/α,β-unsaturated/α-hetero) is 2. The van der Waals surface area contributed by atoms with Crippen molar-refractivity contribution in [3.8, 4) is 12.3 Å². The van der Waals surface area contributed by atoms with Gasteiger partial charge in [0.05, 0.1) is 37.9 Å². The van der Waals surface area contributed by atoms with Gasteiger partial charge in [0.15, 0.2) is 5.78 Å². The summed E-state index contributed by atoms with van der Waals surface area (Å²) in [5.74, 6) is 1.71. The van der Waals surface area contributed by atoms with Crippen molar-refractivity contribution in [3.05, 3.63) is 54.1 Å². The van der Waals surface area contributed by atoms with Crippen LogP contribution in [0.5, 0.6) is 0 Å². The van der Waals surface area contributed by atoms with E-state index < -0.39 is 17.2 Å². The predicted molar refractivity (Wildman–Crippen MR) is 183 cm³/mol. The van der Waals surface area contributed by atoms with Crippen LogP contribution >= 0.6 is 0 Å². The number of hydrogen-bond acceptors (Lipinski definition) is 11. The van der Waals surface area contributed by atoms with E-state index in [1.54, 1.807) is 12.1 Å². The van der Waals surface area contributed by atoms with E-state index in [0.717, 1.165) is 0 Å². The number of ketones is 2. The lowest BCUT2D eigenvalue weighted by atomic mass is 9.80. The lowest BCUT2D eigenvalue weighted by Gasteiger charge is -2.09. The number of hydrogen-bond donors (Lipinski definition) is 4. The minimum absolute atomic E-state index is 0.00712. The second-order valence-electron chi connectivity index (χ2n) is 11.0. The first-order valence-corrected chi connectivity index (χ1v) is 17.6. The maximum Gasteiger partial charge on any atom is 0.488 e. The van der Waals surface area contributed by atoms with Crippen LogP contribution in [-0.4, -0.2) is 88.5 Å². The second-order valence-corrected chi connectivity index (χ2v) is 12.6. The van der Waals surface area contributed by atoms with E-state index in [1.807, 2.05) is 0 Å². The Labute approximate surface area is 288 Å². The molecule has 0 saturated heterocycles. The number of rotatable bonds is 26. The van der Waals surface area contributed by atoms with Gasteiger partial charge in [-0.2, -0.15) is 8.42 Å². The number of nitrogens with one attached hydrogen (secondary N) is 2. The largest absolute Gasteiger partial charge is 0.488 e. The molecule has 2 aromatic rings. The van der Waals surface area contributed by atoms with E-state index in [4.69, 9.17) is 20.1 Å². The minimum atomic E-state index is -4.11. The first-order chi connectivity index (χ1) is 23.5. The Kier molecular flexibility index (Phi) is 19.7. The van der Waals surface area contributed by atoms with Crippen molar-refractivity contribution in [2.24, 2.45) is 0 Å². The zero-order chi connectivity index (χ0) is 35.9. The van der Waals surface area contributed by atoms with Crippen molar-refractivity contribution in [3.63, 3.8) is 0 Å². The monoisotopic (exact) mass is 700 g/mol. The lowest BCUT2D eigenvalue weighted by Crippen LogP contribution is -2.30. The smallest absolute Gasteiger partial charge is 0.423 e. The molecule has 0 saturated carbocycles. The first-order valence-electron chi connectivity index (χ1n) is 16.2. The third-order valence-corrected chi connectivity index (χ3v) is 8.34. The summed E-state index contributed by atoms with van der Waals surface area (Å²) >= 11 is 0. The number of carbonyl (C=O) groups is 4. The van der Waals surface area contributed by atoms with Gasteiger partial charge in [0.25, 0.3) is 10.1 Å². The third kappa shape index (κ3) is 17.9. The molecule has 49 heavy (non-hydrogen) atoms. The summed E-state index contributed by atoms with van der Waals surface area (Å²) in [5, 5.41) is 23.8. The fraction of sp³-hybridized carbons (Fsp3) is 0.471. The molecule has 15 heteroatoms. The number of benzene rings is 2. The van der Waals surface area contributed by atoms with Crippen LogP contribution in [0.2, 0.25) is 0 Å². The quantitative estimate of drug-likeness (QED) is 0.0369. The fourth-order valence-electron chi connectivity index (χ4n) is 4.43. The molecule has 0 aliphatic heterocycles. The fourth-order valence-corrected chi connectivity index (χ4v) is 5.37. The van der Waals surface area contributed by atoms with Crippen molar-refractivity contribution in [1.82, 2.24) is 5.32 Å². The van der Waals surface area contributed by atoms with Crippen molar-refractivity contribution in [2.75, 3.05) is 44.9 Å². The summed E-state index contributed by atoms with van der Waals surface area (Å²) < 4.78 is 40.9. The zero-order valence-corrected chi connectivity index (χ0v) is 28.4. The number of carbonyl (C=O) groups excluding carboxylic acids is 4. The normalized spacial score (nSPS) is 11.0. The average Bonchev–Trinajstić information content (AvgIpc) is 3.08. The van der Waals surface area contributed by atoms with E-state index in [1.165, 1.54) is 36.4 Å². The highest BCUT2D eigenvalue weighted by Crippen LogP contribution is 2.17. The molecule has 0 unspecified atom stereocenters. The maximum atomic E-state index is 12.7. The second kappa shape index (κ2) is 23.4. The van der Waals surface area contributed by atoms with Crippen LogP contribution in [0.3, 0.4) is 0 Å². The highest BCUT2D eigenvalue weighted by molar-refractivity contribution is 7.86. The van der Waals surface area contributed by atoms with Gasteiger partial charge in [0, 0.05) is 56.3 Å². The number of unbranched alkanes of at least 4 members (excludes halogenated alkanes) is 3. The molecule has 0 heterocycles. The van der Waals surface area contributed by atoms with Gasteiger partial charge in [-0.15, -0.1) is 12.3 Å². The predicted octanol–water partition coefficient (Wildman–Crippen LogP) is 2.15. The standard InChI is InChI=1S/C34H45BN2O11S/c1-2-3-5-16-33(40)36-19-20-46-21-22-47-23-24-48-49(44,45)31-14-8-10-27(25-31)32(39)15-7-4-6-13-30(38)17-18-34(41)37-29-12-9-11-28(26-29)35(42)43/h1,8-12,14,25-26,42-43H,3-7,13,15-24H2,(H,36,40)(H,37,41). The molecule has 0 spiro atoms. The van der Waals surface area contributed by atoms with Crippen LogP contribution in [0.4, 0.5) is 5.69 Å². The molecular formula is C34H45BN2O11S. The van der Waals surface area contributed by atoms with Gasteiger partial charge in [-0.05, 0) is 49.0 Å². The molecule has 0 atom stereocenters. The Hall–Kier alpha value is -3.91. The molecule has 0 aromatic heterocycles. The average molecular weight is 701 g/mol. The molecule has 0 fully saturated rings. The Morgan fingerprint density at radius 2 is 1.49 bits per heavy atom. The molecule has 13 nitrogen and oxygen atoms in total. The molecule has 0 aliphatic carbocycles. The summed E-state index contributed by atoms with van der Waals surface area (Å²) in [6, 6.07) is 11.7. The van der Waals surface area contributed by atoms with E-state index in [9.17, 15) is 37.6 Å². The molecule has 0 radical (unpaired) electrons. The Bertz CT molecular complexity index is 1510. The van der Waals surface area contributed by atoms with Gasteiger partial charge < -0.3 is 30.2 Å². The SMILES string of the molecule is C#CCCCC(=O)NCCOCCOCCOS(=O)(=O)c1cccc(C(=O)CCCCCC(=O)CCC(=O)Nc2cccc(B(O)O)c2)c1. The highest BCUT2D eigenvalue weighted by Gasteiger charge is 2.18. The minimum Gasteiger partial charge on any atom is -0.423 e. The highest BCUT2D eigenvalue weighted by atomic mass is 32.2. The van der Waals surface area contributed by atoms with E-state index in [0.29, 0.717) is 57.4 Å². The van der Waals surface area contributed by atoms with Gasteiger partial charge in [-0.1, -0.05) is 30.7 Å². The van der Waals surface area contributed by atoms with Crippen LogP contribution in [0, 0.1) is 12.3 Å². The molecule has 266 valence electrons. The van der Waals surface area contributed by atoms with E-state index >= 15 is 0 Å². The van der Waals surface area contributed by atoms with Crippen molar-refractivity contribution in [2.45, 2.75) is 69.1 Å². The van der Waals surface area contributed by atoms with Gasteiger partial charge in [0.1, 0.15) is 5.78 Å². The Morgan fingerprint density at radius 3 is 2.24 bits per heavy atom. The number of ether oxygens (including phenoxy) is 2. The molecule has 0 aliphatic rings. The third-order valence-electron chi connectivity index (χ3n) is 7.04. The van der Waals surface area contributed by atoms with Crippen LogP contribution in [0.15, 0.2) is 53.4 Å². The number of terminal acetylenes is 1. The van der Waals surface area contributed by atoms with Gasteiger partial charge in [-0.3, -0.25) is 23.4 Å². The molecule has 0 bridgehead atoms. The zero-order valence-electron chi connectivity index (χ0n) is 27.6. The molecular weight excluding hydrogens is 655 g/mol. The van der Waals surface area contributed by atoms with E-state index in [-0.39, 0.29) is 91.4 Å². The van der Waals surface area contributed by atoms with Gasteiger partial charge in [-0.25, -0.2) is 0 Å². The number of anilines is 1. The molecule has 2 rings (SSSR count). The van der Waals surface area contributed by atoms with Crippen LogP contribution in [-0.2, 0) is 38.2 Å². The first kappa shape index (κ1) is 41.3. The van der Waals surface area contributed by atoms with Gasteiger partial charge in [0.2, 0.25) is 11.8 Å². The Balaban J connectivity index is 1.58. The topological polar surface area (TPSA) is 195 Å². The van der Waals surface area contributed by atoms with Gasteiger partial charge >= 0.3 is 7.12 Å². The van der Waals surface area contributed by atoms with Crippen LogP contribution in [0.25, 0.3) is 0 Å². The molecule has 2 aromatic carbocycles. The van der Waals surface area contributed by atoms with Crippen LogP contribution in [0.1, 0.15) is 74.6 Å². The summed E-state index contributed by atoms with van der Waals surface area (Å²) in [6.07, 6.45) is 8.88. The summed E-state index contributed by atoms with van der Waals surface area (Å²) in [6.45, 7) is 0.931. The van der Waals surface area contributed by atoms with Crippen LogP contribution < -0.4 is 16.1 Å². The molecule has 4 N–H and O–H groups in total. The van der Waals surface area contributed by atoms with Crippen molar-refractivity contribution < 1.29 is 51.3 Å². The summed E-state index contributed by atoms with van der Waals surface area (Å²) in [4.78, 5) is 48.5. The number of amides is 2. The van der Waals surface area contributed by atoms with Crippen molar-refractivity contribution in [1.29, 1.82) is 0 Å².